The first-order valence-electron chi connectivity index (χ1n) is 13.4. The number of anilines is 1. The van der Waals surface area contributed by atoms with Crippen LogP contribution in [0.25, 0.3) is 0 Å². The van der Waals surface area contributed by atoms with E-state index < -0.39 is 40.0 Å². The van der Waals surface area contributed by atoms with Gasteiger partial charge in [-0.1, -0.05) is 36.1 Å². The summed E-state index contributed by atoms with van der Waals surface area (Å²) in [6.45, 7) is 0.989. The van der Waals surface area contributed by atoms with Crippen LogP contribution in [0.1, 0.15) is 37.7 Å². The van der Waals surface area contributed by atoms with Gasteiger partial charge in [0.25, 0.3) is 11.8 Å². The number of carbonyl (C=O) groups excluding carboxylic acids is 3. The van der Waals surface area contributed by atoms with Gasteiger partial charge in [0.15, 0.2) is 0 Å². The van der Waals surface area contributed by atoms with Crippen molar-refractivity contribution in [2.45, 2.75) is 17.9 Å². The highest BCUT2D eigenvalue weighted by atomic mass is 32.2. The number of aryl methyl sites for hydroxylation is 2. The van der Waals surface area contributed by atoms with Crippen LogP contribution in [0.3, 0.4) is 0 Å². The zero-order chi connectivity index (χ0) is 31.7. The first kappa shape index (κ1) is 31.8. The molecule has 0 saturated heterocycles. The summed E-state index contributed by atoms with van der Waals surface area (Å²) in [7, 11) is -1.87. The van der Waals surface area contributed by atoms with Crippen molar-refractivity contribution in [1.82, 2.24) is 20.1 Å². The molecular formula is C31H30N6O6S. The molecule has 0 spiro atoms. The van der Waals surface area contributed by atoms with Gasteiger partial charge in [-0.15, -0.1) is 0 Å². The number of nitrogens with one attached hydrogen (secondary N) is 2. The van der Waals surface area contributed by atoms with E-state index in [0.717, 1.165) is 5.69 Å². The van der Waals surface area contributed by atoms with E-state index in [1.165, 1.54) is 35.3 Å². The molecule has 4 rings (SSSR count). The minimum absolute atomic E-state index is 0.0176. The van der Waals surface area contributed by atoms with Gasteiger partial charge in [-0.3, -0.25) is 24.0 Å². The average molecular weight is 615 g/mol. The monoisotopic (exact) mass is 614 g/mol. The Kier molecular flexibility index (Phi) is 10.4. The Hall–Kier alpha value is -5.16. The third kappa shape index (κ3) is 8.45. The third-order valence-corrected chi connectivity index (χ3v) is 8.23. The van der Waals surface area contributed by atoms with Gasteiger partial charge in [-0.2, -0.15) is 9.46 Å². The molecule has 13 heteroatoms. The third-order valence-electron chi connectivity index (χ3n) is 6.11. The van der Waals surface area contributed by atoms with Crippen molar-refractivity contribution in [1.29, 1.82) is 0 Å². The number of benzene rings is 2. The molecule has 2 heterocycles. The quantitative estimate of drug-likeness (QED) is 0.207. The molecule has 4 N–H and O–H groups in total. The number of hydrogen-bond acceptors (Lipinski definition) is 8. The molecule has 2 aromatic carbocycles. The number of rotatable bonds is 9. The largest absolute Gasteiger partial charge is 0.394 e. The lowest BCUT2D eigenvalue weighted by Crippen LogP contribution is -2.37. The fraction of sp³-hybridized carbons (Fsp3) is 0.194. The van der Waals surface area contributed by atoms with E-state index >= 15 is 0 Å². The Morgan fingerprint density at radius 1 is 1.02 bits per heavy atom. The summed E-state index contributed by atoms with van der Waals surface area (Å²) >= 11 is 0. The fourth-order valence-corrected chi connectivity index (χ4v) is 5.73. The second-order valence-corrected chi connectivity index (χ2v) is 11.9. The predicted molar refractivity (Wildman–Crippen MR) is 163 cm³/mol. The maximum atomic E-state index is 13.9. The molecule has 0 fully saturated rings. The lowest BCUT2D eigenvalue weighted by atomic mass is 10.1. The van der Waals surface area contributed by atoms with Gasteiger partial charge in [-0.25, -0.2) is 4.21 Å². The molecule has 0 aliphatic rings. The van der Waals surface area contributed by atoms with Gasteiger partial charge >= 0.3 is 0 Å². The maximum Gasteiger partial charge on any atom is 0.286 e. The van der Waals surface area contributed by atoms with Crippen LogP contribution in [0.4, 0.5) is 5.69 Å². The van der Waals surface area contributed by atoms with Crippen molar-refractivity contribution in [3.63, 3.8) is 0 Å². The van der Waals surface area contributed by atoms with Crippen LogP contribution in [0.15, 0.2) is 88.4 Å². The minimum atomic E-state index is -3.56. The molecule has 2 unspecified atom stereocenters. The zero-order valence-corrected chi connectivity index (χ0v) is 24.7. The molecule has 0 bridgehead atoms. The van der Waals surface area contributed by atoms with Crippen LogP contribution in [0, 0.1) is 18.8 Å². The molecule has 2 atom stereocenters. The SMILES string of the molecule is Cc1cc(C(=O)Nc2cccc(C#Cc3cncc(C(=O)N=S(=O)(CC(=O)NCC(O)CO)c4ccccc4)c3)c2)n(C)n1. The lowest BCUT2D eigenvalue weighted by Gasteiger charge is -2.12. The summed E-state index contributed by atoms with van der Waals surface area (Å²) in [6, 6.07) is 18.0. The smallest absolute Gasteiger partial charge is 0.286 e. The molecule has 0 saturated carbocycles. The first-order valence-corrected chi connectivity index (χ1v) is 15.0. The van der Waals surface area contributed by atoms with E-state index in [2.05, 4.69) is 36.9 Å². The summed E-state index contributed by atoms with van der Waals surface area (Å²) in [4.78, 5) is 42.6. The summed E-state index contributed by atoms with van der Waals surface area (Å²) in [6.07, 6.45) is 1.53. The Bertz CT molecular complexity index is 1870. The molecular weight excluding hydrogens is 584 g/mol. The van der Waals surface area contributed by atoms with E-state index in [4.69, 9.17) is 5.11 Å². The second-order valence-electron chi connectivity index (χ2n) is 9.68. The Balaban J connectivity index is 1.54. The van der Waals surface area contributed by atoms with Crippen LogP contribution < -0.4 is 10.6 Å². The molecule has 4 aromatic rings. The van der Waals surface area contributed by atoms with E-state index in [9.17, 15) is 23.7 Å². The van der Waals surface area contributed by atoms with Crippen molar-refractivity contribution in [2.75, 3.05) is 24.2 Å². The predicted octanol–water partition coefficient (Wildman–Crippen LogP) is 1.91. The van der Waals surface area contributed by atoms with Crippen molar-refractivity contribution in [3.8, 4) is 11.8 Å². The molecule has 0 radical (unpaired) electrons. The fourth-order valence-electron chi connectivity index (χ4n) is 3.98. The minimum Gasteiger partial charge on any atom is -0.394 e. The molecule has 0 aliphatic heterocycles. The zero-order valence-electron chi connectivity index (χ0n) is 23.9. The molecule has 226 valence electrons. The number of carbonyl (C=O) groups is 3. The van der Waals surface area contributed by atoms with Crippen molar-refractivity contribution >= 4 is 33.1 Å². The number of aliphatic hydroxyl groups is 2. The molecule has 12 nitrogen and oxygen atoms in total. The maximum absolute atomic E-state index is 13.9. The number of pyridine rings is 1. The van der Waals surface area contributed by atoms with E-state index in [0.29, 0.717) is 22.5 Å². The van der Waals surface area contributed by atoms with Crippen LogP contribution in [0.2, 0.25) is 0 Å². The summed E-state index contributed by atoms with van der Waals surface area (Å²) in [5.74, 6) is 3.38. The molecule has 0 aliphatic carbocycles. The standard InChI is InChI=1S/C31H30N6O6S/c1-21-13-28(37(2)35-21)31(42)34-25-8-6-7-22(15-25)11-12-23-14-24(17-32-16-23)30(41)36-44(43,27-9-4-3-5-10-27)20-29(40)33-18-26(39)19-38/h3-10,13-17,26,38-39H,18-20H2,1-2H3,(H,33,40)(H,34,42). The van der Waals surface area contributed by atoms with Crippen molar-refractivity contribution < 1.29 is 28.8 Å². The highest BCUT2D eigenvalue weighted by Gasteiger charge is 2.21. The molecule has 2 aromatic heterocycles. The van der Waals surface area contributed by atoms with Gasteiger partial charge in [0, 0.05) is 47.7 Å². The number of nitrogens with zero attached hydrogens (tertiary/aromatic N) is 4. The van der Waals surface area contributed by atoms with Crippen LogP contribution in [-0.4, -0.2) is 71.9 Å². The Morgan fingerprint density at radius 3 is 2.48 bits per heavy atom. The summed E-state index contributed by atoms with van der Waals surface area (Å²) in [5, 5.41) is 27.9. The van der Waals surface area contributed by atoms with Crippen LogP contribution in [0.5, 0.6) is 0 Å². The van der Waals surface area contributed by atoms with Gasteiger partial charge < -0.3 is 20.8 Å². The number of aromatic nitrogens is 3. The normalized spacial score (nSPS) is 12.6. The van der Waals surface area contributed by atoms with Gasteiger partial charge in [0.05, 0.1) is 33.7 Å². The highest BCUT2D eigenvalue weighted by Crippen LogP contribution is 2.17. The Labute approximate surface area is 254 Å². The molecule has 3 amide bonds. The topological polar surface area (TPSA) is 176 Å². The second kappa shape index (κ2) is 14.3. The van der Waals surface area contributed by atoms with Crippen LogP contribution in [-0.2, 0) is 21.6 Å². The van der Waals surface area contributed by atoms with Crippen molar-refractivity contribution in [3.05, 3.63) is 107 Å². The van der Waals surface area contributed by atoms with Gasteiger partial charge in [0.2, 0.25) is 5.91 Å². The summed E-state index contributed by atoms with van der Waals surface area (Å²) in [5.41, 5.74) is 2.66. The highest BCUT2D eigenvalue weighted by molar-refractivity contribution is 7.94. The van der Waals surface area contributed by atoms with E-state index in [-0.39, 0.29) is 22.9 Å². The van der Waals surface area contributed by atoms with E-state index in [1.807, 2.05) is 0 Å². The summed E-state index contributed by atoms with van der Waals surface area (Å²) < 4.78 is 19.3. The number of hydrogen-bond donors (Lipinski definition) is 4. The van der Waals surface area contributed by atoms with Gasteiger partial charge in [-0.05, 0) is 49.4 Å². The molecule has 44 heavy (non-hydrogen) atoms. The Morgan fingerprint density at radius 2 is 1.77 bits per heavy atom. The van der Waals surface area contributed by atoms with Crippen LogP contribution >= 0.6 is 0 Å². The number of amides is 3. The van der Waals surface area contributed by atoms with E-state index in [1.54, 1.807) is 62.5 Å². The van der Waals surface area contributed by atoms with Crippen molar-refractivity contribution in [2.24, 2.45) is 11.4 Å². The average Bonchev–Trinajstić information content (AvgIpc) is 3.37. The lowest BCUT2D eigenvalue weighted by molar-refractivity contribution is -0.119. The number of aliphatic hydroxyl groups excluding tert-OH is 2. The van der Waals surface area contributed by atoms with Gasteiger partial charge in [0.1, 0.15) is 11.4 Å². The first-order chi connectivity index (χ1) is 21.1.